The molecule has 0 amide bonds. The lowest BCUT2D eigenvalue weighted by molar-refractivity contribution is 0.776. The molecule has 0 saturated heterocycles. The predicted octanol–water partition coefficient (Wildman–Crippen LogP) is 1.73. The van der Waals surface area contributed by atoms with E-state index in [-0.39, 0.29) is 0 Å². The molecule has 0 aromatic carbocycles. The van der Waals surface area contributed by atoms with Crippen LogP contribution in [-0.2, 0) is 0 Å². The maximum Gasteiger partial charge on any atom is 0.0164 e. The van der Waals surface area contributed by atoms with Gasteiger partial charge in [-0.05, 0) is 13.5 Å². The van der Waals surface area contributed by atoms with E-state index >= 15 is 0 Å². The average Bonchev–Trinajstić information content (AvgIpc) is 1.85. The van der Waals surface area contributed by atoms with Crippen molar-refractivity contribution < 1.29 is 0 Å². The molecule has 0 spiro atoms. The Morgan fingerprint density at radius 1 is 1.67 bits per heavy atom. The number of hydrogen-bond donors (Lipinski definition) is 1. The van der Waals surface area contributed by atoms with Gasteiger partial charge in [0.05, 0.1) is 0 Å². The van der Waals surface area contributed by atoms with Gasteiger partial charge in [-0.2, -0.15) is 0 Å². The summed E-state index contributed by atoms with van der Waals surface area (Å²) in [7, 11) is 0. The molecule has 0 aromatic heterocycles. The number of hydrogen-bond acceptors (Lipinski definition) is 1. The molecule has 0 aliphatic carbocycles. The molecule has 0 aliphatic heterocycles. The first kappa shape index (κ1) is 8.44. The Kier molecular flexibility index (Phi) is 5.23. The van der Waals surface area contributed by atoms with Gasteiger partial charge in [-0.15, -0.1) is 0 Å². The van der Waals surface area contributed by atoms with Crippen LogP contribution >= 0.6 is 0 Å². The second kappa shape index (κ2) is 5.57. The average molecular weight is 125 g/mol. The molecule has 0 fully saturated rings. The highest BCUT2D eigenvalue weighted by atomic mass is 14.8. The van der Waals surface area contributed by atoms with Crippen molar-refractivity contribution in [3.05, 3.63) is 24.3 Å². The zero-order valence-corrected chi connectivity index (χ0v) is 6.28. The second-order valence-electron chi connectivity index (χ2n) is 2.03. The molecule has 0 aliphatic rings. The maximum absolute atomic E-state index is 3.60. The molecular weight excluding hydrogens is 110 g/mol. The predicted molar refractivity (Wildman–Crippen MR) is 42.5 cm³/mol. The van der Waals surface area contributed by atoms with E-state index in [1.807, 2.05) is 12.2 Å². The lowest BCUT2D eigenvalue weighted by Gasteiger charge is -1.98. The van der Waals surface area contributed by atoms with Gasteiger partial charge in [-0.25, -0.2) is 0 Å². The molecule has 0 radical (unpaired) electrons. The lowest BCUT2D eigenvalue weighted by Crippen LogP contribution is -2.14. The minimum absolute atomic E-state index is 0.975. The van der Waals surface area contributed by atoms with E-state index in [0.717, 1.165) is 13.1 Å². The van der Waals surface area contributed by atoms with Gasteiger partial charge in [-0.1, -0.05) is 31.2 Å². The summed E-state index contributed by atoms with van der Waals surface area (Å²) in [4.78, 5) is 0. The van der Waals surface area contributed by atoms with Gasteiger partial charge in [0.2, 0.25) is 0 Å². The maximum atomic E-state index is 3.60. The van der Waals surface area contributed by atoms with E-state index in [4.69, 9.17) is 0 Å². The van der Waals surface area contributed by atoms with Crippen molar-refractivity contribution in [3.8, 4) is 0 Å². The van der Waals surface area contributed by atoms with Crippen LogP contribution in [0.1, 0.15) is 13.8 Å². The van der Waals surface area contributed by atoms with Gasteiger partial charge in [0, 0.05) is 6.54 Å². The largest absolute Gasteiger partial charge is 0.313 e. The highest BCUT2D eigenvalue weighted by Crippen LogP contribution is 1.88. The molecule has 0 rings (SSSR count). The van der Waals surface area contributed by atoms with Crippen molar-refractivity contribution in [1.29, 1.82) is 0 Å². The van der Waals surface area contributed by atoms with E-state index in [0.29, 0.717) is 0 Å². The molecule has 0 saturated carbocycles. The van der Waals surface area contributed by atoms with E-state index in [9.17, 15) is 0 Å². The summed E-state index contributed by atoms with van der Waals surface area (Å²) in [5.41, 5.74) is 1.33. The van der Waals surface area contributed by atoms with E-state index in [1.54, 1.807) is 0 Å². The first-order valence-electron chi connectivity index (χ1n) is 3.30. The molecule has 1 nitrogen and oxygen atoms in total. The fraction of sp³-hybridized carbons (Fsp3) is 0.500. The molecule has 0 heterocycles. The van der Waals surface area contributed by atoms with E-state index in [2.05, 4.69) is 25.7 Å². The van der Waals surface area contributed by atoms with Crippen molar-refractivity contribution in [1.82, 2.24) is 5.32 Å². The molecular formula is C8H15N. The van der Waals surface area contributed by atoms with Gasteiger partial charge in [0.1, 0.15) is 0 Å². The zero-order valence-electron chi connectivity index (χ0n) is 6.28. The number of rotatable bonds is 4. The van der Waals surface area contributed by atoms with Gasteiger partial charge < -0.3 is 5.32 Å². The summed E-state index contributed by atoms with van der Waals surface area (Å²) in [6.45, 7) is 9.80. The normalized spacial score (nSPS) is 11.6. The Hall–Kier alpha value is -0.560. The van der Waals surface area contributed by atoms with Gasteiger partial charge >= 0.3 is 0 Å². The number of likely N-dealkylation sites (N-methyl/N-ethyl adjacent to an activating group) is 1. The van der Waals surface area contributed by atoms with Crippen molar-refractivity contribution in [2.24, 2.45) is 0 Å². The molecule has 0 atom stereocenters. The SMILES string of the molecule is C=C/C=C(\C)CNCC. The lowest BCUT2D eigenvalue weighted by atomic mass is 10.3. The highest BCUT2D eigenvalue weighted by Gasteiger charge is 1.82. The van der Waals surface area contributed by atoms with E-state index in [1.165, 1.54) is 5.57 Å². The van der Waals surface area contributed by atoms with Gasteiger partial charge in [0.25, 0.3) is 0 Å². The molecule has 0 aromatic rings. The monoisotopic (exact) mass is 125 g/mol. The third-order valence-corrected chi connectivity index (χ3v) is 1.06. The van der Waals surface area contributed by atoms with Crippen LogP contribution < -0.4 is 5.32 Å². The Balaban J connectivity index is 3.36. The van der Waals surface area contributed by atoms with Crippen LogP contribution in [0.2, 0.25) is 0 Å². The minimum Gasteiger partial charge on any atom is -0.313 e. The van der Waals surface area contributed by atoms with Crippen LogP contribution in [0, 0.1) is 0 Å². The van der Waals surface area contributed by atoms with Crippen LogP contribution in [0.3, 0.4) is 0 Å². The summed E-state index contributed by atoms with van der Waals surface area (Å²) in [5, 5.41) is 3.22. The molecule has 1 heteroatoms. The fourth-order valence-electron chi connectivity index (χ4n) is 0.582. The zero-order chi connectivity index (χ0) is 7.11. The first-order chi connectivity index (χ1) is 4.31. The van der Waals surface area contributed by atoms with Crippen LogP contribution in [0.25, 0.3) is 0 Å². The summed E-state index contributed by atoms with van der Waals surface area (Å²) in [5.74, 6) is 0. The van der Waals surface area contributed by atoms with Crippen LogP contribution in [0.5, 0.6) is 0 Å². The third kappa shape index (κ3) is 5.31. The summed E-state index contributed by atoms with van der Waals surface area (Å²) >= 11 is 0. The molecule has 52 valence electrons. The van der Waals surface area contributed by atoms with Crippen LogP contribution in [0.4, 0.5) is 0 Å². The number of nitrogens with one attached hydrogen (secondary N) is 1. The second-order valence-corrected chi connectivity index (χ2v) is 2.03. The van der Waals surface area contributed by atoms with E-state index < -0.39 is 0 Å². The standard InChI is InChI=1S/C8H15N/c1-4-6-8(3)7-9-5-2/h4,6,9H,1,5,7H2,2-3H3/b8-6+. The Labute approximate surface area is 57.5 Å². The van der Waals surface area contributed by atoms with Crippen molar-refractivity contribution >= 4 is 0 Å². The van der Waals surface area contributed by atoms with Gasteiger partial charge in [-0.3, -0.25) is 0 Å². The van der Waals surface area contributed by atoms with Crippen LogP contribution in [0.15, 0.2) is 24.3 Å². The van der Waals surface area contributed by atoms with Gasteiger partial charge in [0.15, 0.2) is 0 Å². The van der Waals surface area contributed by atoms with Crippen molar-refractivity contribution in [2.75, 3.05) is 13.1 Å². The summed E-state index contributed by atoms with van der Waals surface area (Å²) < 4.78 is 0. The topological polar surface area (TPSA) is 12.0 Å². The van der Waals surface area contributed by atoms with Crippen molar-refractivity contribution in [3.63, 3.8) is 0 Å². The quantitative estimate of drug-likeness (QED) is 0.564. The Bertz CT molecular complexity index is 103. The summed E-state index contributed by atoms with van der Waals surface area (Å²) in [6, 6.07) is 0. The summed E-state index contributed by atoms with van der Waals surface area (Å²) in [6.07, 6.45) is 3.83. The molecule has 0 bridgehead atoms. The van der Waals surface area contributed by atoms with Crippen LogP contribution in [-0.4, -0.2) is 13.1 Å². The van der Waals surface area contributed by atoms with Crippen molar-refractivity contribution in [2.45, 2.75) is 13.8 Å². The first-order valence-corrected chi connectivity index (χ1v) is 3.30. The molecule has 0 unspecified atom stereocenters. The Morgan fingerprint density at radius 3 is 2.78 bits per heavy atom. The number of allylic oxidation sites excluding steroid dienone is 2. The highest BCUT2D eigenvalue weighted by molar-refractivity contribution is 5.08. The smallest absolute Gasteiger partial charge is 0.0164 e. The minimum atomic E-state index is 0.975. The molecule has 1 N–H and O–H groups in total. The third-order valence-electron chi connectivity index (χ3n) is 1.06. The fourth-order valence-corrected chi connectivity index (χ4v) is 0.582. The molecule has 9 heavy (non-hydrogen) atoms. The Morgan fingerprint density at radius 2 is 2.33 bits per heavy atom.